The predicted octanol–water partition coefficient (Wildman–Crippen LogP) is 0.611. The molecule has 1 atom stereocenters. The lowest BCUT2D eigenvalue weighted by molar-refractivity contribution is -0.148. The Morgan fingerprint density at radius 1 is 1.35 bits per heavy atom. The van der Waals surface area contributed by atoms with Crippen LogP contribution in [0.5, 0.6) is 0 Å². The van der Waals surface area contributed by atoms with E-state index in [0.29, 0.717) is 13.1 Å². The lowest BCUT2D eigenvalue weighted by Gasteiger charge is -2.40. The van der Waals surface area contributed by atoms with Crippen molar-refractivity contribution in [3.8, 4) is 0 Å². The number of aliphatic carboxylic acids is 1. The van der Waals surface area contributed by atoms with Crippen molar-refractivity contribution >= 4 is 11.9 Å². The number of nitrogens with one attached hydrogen (secondary N) is 1. The van der Waals surface area contributed by atoms with Gasteiger partial charge >= 0.3 is 5.97 Å². The zero-order valence-corrected chi connectivity index (χ0v) is 12.1. The van der Waals surface area contributed by atoms with Crippen LogP contribution < -0.4 is 5.32 Å². The largest absolute Gasteiger partial charge is 0.480 e. The summed E-state index contributed by atoms with van der Waals surface area (Å²) in [5.41, 5.74) is -0.424. The number of rotatable bonds is 4. The second kappa shape index (κ2) is 6.54. The summed E-state index contributed by atoms with van der Waals surface area (Å²) in [5, 5.41) is 11.9. The number of carbonyl (C=O) groups is 2. The average Bonchev–Trinajstić information content (AvgIpc) is 2.45. The first-order chi connectivity index (χ1) is 9.51. The number of amides is 1. The van der Waals surface area contributed by atoms with Gasteiger partial charge in [0.15, 0.2) is 0 Å². The molecule has 0 radical (unpaired) electrons. The van der Waals surface area contributed by atoms with Crippen molar-refractivity contribution in [1.29, 1.82) is 0 Å². The molecule has 0 aromatic heterocycles. The van der Waals surface area contributed by atoms with E-state index in [1.165, 1.54) is 0 Å². The first-order valence-corrected chi connectivity index (χ1v) is 7.39. The highest BCUT2D eigenvalue weighted by Crippen LogP contribution is 2.24. The van der Waals surface area contributed by atoms with Crippen LogP contribution in [0.1, 0.15) is 39.0 Å². The molecule has 1 unspecified atom stereocenters. The summed E-state index contributed by atoms with van der Waals surface area (Å²) < 4.78 is 5.29. The molecule has 2 aliphatic rings. The minimum absolute atomic E-state index is 0.0396. The van der Waals surface area contributed by atoms with E-state index >= 15 is 0 Å². The Bertz CT molecular complexity index is 358. The van der Waals surface area contributed by atoms with Gasteiger partial charge in [-0.05, 0) is 45.6 Å². The van der Waals surface area contributed by atoms with Crippen molar-refractivity contribution in [2.75, 3.05) is 26.2 Å². The number of hydrogen-bond acceptors (Lipinski definition) is 4. The van der Waals surface area contributed by atoms with E-state index in [2.05, 4.69) is 5.32 Å². The number of hydrogen-bond donors (Lipinski definition) is 2. The van der Waals surface area contributed by atoms with Gasteiger partial charge in [-0.1, -0.05) is 0 Å². The van der Waals surface area contributed by atoms with Crippen LogP contribution in [0.3, 0.4) is 0 Å². The molecule has 0 spiro atoms. The maximum Gasteiger partial charge on any atom is 0.329 e. The van der Waals surface area contributed by atoms with Crippen LogP contribution in [0.25, 0.3) is 0 Å². The van der Waals surface area contributed by atoms with Crippen molar-refractivity contribution < 1.29 is 19.4 Å². The molecule has 2 heterocycles. The third kappa shape index (κ3) is 3.70. The second-order valence-corrected chi connectivity index (χ2v) is 5.91. The second-order valence-electron chi connectivity index (χ2n) is 5.91. The van der Waals surface area contributed by atoms with E-state index < -0.39 is 11.5 Å². The lowest BCUT2D eigenvalue weighted by Crippen LogP contribution is -2.59. The zero-order valence-electron chi connectivity index (χ0n) is 12.1. The highest BCUT2D eigenvalue weighted by molar-refractivity contribution is 5.86. The van der Waals surface area contributed by atoms with Gasteiger partial charge in [0.25, 0.3) is 0 Å². The van der Waals surface area contributed by atoms with Crippen molar-refractivity contribution in [1.82, 2.24) is 10.2 Å². The number of ether oxygens (including phenoxy) is 1. The number of piperidine rings is 2. The minimum Gasteiger partial charge on any atom is -0.480 e. The van der Waals surface area contributed by atoms with E-state index in [0.717, 1.165) is 38.6 Å². The van der Waals surface area contributed by atoms with Gasteiger partial charge in [-0.3, -0.25) is 4.79 Å². The van der Waals surface area contributed by atoms with Crippen LogP contribution in [-0.4, -0.2) is 59.8 Å². The minimum atomic E-state index is -0.942. The summed E-state index contributed by atoms with van der Waals surface area (Å²) in [6, 6.07) is 0. The van der Waals surface area contributed by atoms with Crippen molar-refractivity contribution in [3.05, 3.63) is 0 Å². The van der Waals surface area contributed by atoms with E-state index in [4.69, 9.17) is 9.84 Å². The van der Waals surface area contributed by atoms with Gasteiger partial charge in [-0.2, -0.15) is 0 Å². The Morgan fingerprint density at radius 2 is 2.05 bits per heavy atom. The molecule has 6 nitrogen and oxygen atoms in total. The number of carboxylic acid groups (broad SMARTS) is 1. The quantitative estimate of drug-likeness (QED) is 0.791. The molecule has 2 saturated heterocycles. The number of carboxylic acids is 1. The Kier molecular flexibility index (Phi) is 4.99. The smallest absolute Gasteiger partial charge is 0.329 e. The first-order valence-electron chi connectivity index (χ1n) is 7.39. The molecule has 114 valence electrons. The van der Waals surface area contributed by atoms with Crippen LogP contribution >= 0.6 is 0 Å². The summed E-state index contributed by atoms with van der Waals surface area (Å²) in [7, 11) is 0. The molecule has 0 saturated carbocycles. The SMILES string of the molecule is CC1(C(=O)N2CCC(OCC(=O)O)CC2)CCCCN1. The lowest BCUT2D eigenvalue weighted by atomic mass is 9.89. The van der Waals surface area contributed by atoms with Crippen LogP contribution in [-0.2, 0) is 14.3 Å². The van der Waals surface area contributed by atoms with Gasteiger partial charge in [0.05, 0.1) is 11.6 Å². The molecular formula is C14H24N2O4. The Balaban J connectivity index is 1.81. The Labute approximate surface area is 119 Å². The fourth-order valence-electron chi connectivity index (χ4n) is 3.00. The van der Waals surface area contributed by atoms with E-state index in [1.807, 2.05) is 11.8 Å². The van der Waals surface area contributed by atoms with E-state index in [-0.39, 0.29) is 18.6 Å². The standard InChI is InChI=1S/C14H24N2O4/c1-14(6-2-3-7-15-14)13(19)16-8-4-11(5-9-16)20-10-12(17)18/h11,15H,2-10H2,1H3,(H,17,18). The molecular weight excluding hydrogens is 260 g/mol. The van der Waals surface area contributed by atoms with Gasteiger partial charge in [0.1, 0.15) is 6.61 Å². The molecule has 2 N–H and O–H groups in total. The van der Waals surface area contributed by atoms with Crippen LogP contribution in [0.2, 0.25) is 0 Å². The molecule has 0 aliphatic carbocycles. The molecule has 0 bridgehead atoms. The molecule has 2 rings (SSSR count). The maximum atomic E-state index is 12.6. The molecule has 0 aromatic rings. The summed E-state index contributed by atoms with van der Waals surface area (Å²) in [6.45, 7) is 3.95. The zero-order chi connectivity index (χ0) is 14.6. The monoisotopic (exact) mass is 284 g/mol. The molecule has 2 aliphatic heterocycles. The fourth-order valence-corrected chi connectivity index (χ4v) is 3.00. The van der Waals surface area contributed by atoms with E-state index in [1.54, 1.807) is 0 Å². The van der Waals surface area contributed by atoms with Crippen LogP contribution in [0.4, 0.5) is 0 Å². The van der Waals surface area contributed by atoms with Gasteiger partial charge in [0.2, 0.25) is 5.91 Å². The fraction of sp³-hybridized carbons (Fsp3) is 0.857. The number of carbonyl (C=O) groups excluding carboxylic acids is 1. The summed E-state index contributed by atoms with van der Waals surface area (Å²) >= 11 is 0. The summed E-state index contributed by atoms with van der Waals surface area (Å²) in [5.74, 6) is -0.767. The van der Waals surface area contributed by atoms with Gasteiger partial charge in [-0.25, -0.2) is 4.79 Å². The number of nitrogens with zero attached hydrogens (tertiary/aromatic N) is 1. The van der Waals surface area contributed by atoms with Gasteiger partial charge in [0, 0.05) is 13.1 Å². The molecule has 1 amide bonds. The highest BCUT2D eigenvalue weighted by atomic mass is 16.5. The Hall–Kier alpha value is -1.14. The highest BCUT2D eigenvalue weighted by Gasteiger charge is 2.38. The van der Waals surface area contributed by atoms with Crippen molar-refractivity contribution in [2.45, 2.75) is 50.7 Å². The van der Waals surface area contributed by atoms with Gasteiger partial charge in [-0.15, -0.1) is 0 Å². The topological polar surface area (TPSA) is 78.9 Å². The average molecular weight is 284 g/mol. The normalized spacial score (nSPS) is 28.4. The third-order valence-electron chi connectivity index (χ3n) is 4.26. The van der Waals surface area contributed by atoms with Crippen molar-refractivity contribution in [2.24, 2.45) is 0 Å². The molecule has 20 heavy (non-hydrogen) atoms. The van der Waals surface area contributed by atoms with Gasteiger partial charge < -0.3 is 20.1 Å². The Morgan fingerprint density at radius 3 is 2.60 bits per heavy atom. The predicted molar refractivity (Wildman–Crippen MR) is 73.4 cm³/mol. The maximum absolute atomic E-state index is 12.6. The molecule has 6 heteroatoms. The third-order valence-corrected chi connectivity index (χ3v) is 4.26. The summed E-state index contributed by atoms with van der Waals surface area (Å²) in [6.07, 6.45) is 4.51. The van der Waals surface area contributed by atoms with Crippen molar-refractivity contribution in [3.63, 3.8) is 0 Å². The van der Waals surface area contributed by atoms with Crippen LogP contribution in [0, 0.1) is 0 Å². The molecule has 2 fully saturated rings. The first kappa shape index (κ1) is 15.3. The number of likely N-dealkylation sites (tertiary alicyclic amines) is 1. The van der Waals surface area contributed by atoms with Crippen LogP contribution in [0.15, 0.2) is 0 Å². The molecule has 0 aromatic carbocycles. The summed E-state index contributed by atoms with van der Waals surface area (Å²) in [4.78, 5) is 24.9. The van der Waals surface area contributed by atoms with E-state index in [9.17, 15) is 9.59 Å².